The molecule has 0 aromatic carbocycles. The van der Waals surface area contributed by atoms with Gasteiger partial charge in [0.15, 0.2) is 0 Å². The molecule has 1 aromatic heterocycles. The number of rotatable bonds is 2. The number of likely N-dealkylation sites (tertiary alicyclic amines) is 1. The Kier molecular flexibility index (Phi) is 2.15. The average molecular weight is 219 g/mol. The first-order chi connectivity index (χ1) is 7.58. The topological polar surface area (TPSA) is 21.1 Å². The minimum Gasteiger partial charge on any atom is -0.305 e. The van der Waals surface area contributed by atoms with Crippen molar-refractivity contribution in [2.75, 3.05) is 20.1 Å². The summed E-state index contributed by atoms with van der Waals surface area (Å²) >= 11 is 0. The van der Waals surface area contributed by atoms with Gasteiger partial charge in [0.25, 0.3) is 0 Å². The Balaban J connectivity index is 1.63. The van der Waals surface area contributed by atoms with E-state index in [1.165, 1.54) is 31.5 Å². The molecule has 0 bridgehead atoms. The number of aromatic nitrogens is 2. The molecule has 1 spiro atoms. The summed E-state index contributed by atoms with van der Waals surface area (Å²) in [6.07, 6.45) is 6.93. The Hall–Kier alpha value is -0.830. The Morgan fingerprint density at radius 2 is 2.06 bits per heavy atom. The van der Waals surface area contributed by atoms with Gasteiger partial charge in [-0.1, -0.05) is 13.8 Å². The van der Waals surface area contributed by atoms with Crippen LogP contribution in [0.1, 0.15) is 44.2 Å². The van der Waals surface area contributed by atoms with Crippen molar-refractivity contribution in [3.05, 3.63) is 18.0 Å². The first-order valence-corrected chi connectivity index (χ1v) is 6.31. The number of hydrogen-bond donors (Lipinski definition) is 0. The highest BCUT2D eigenvalue weighted by atomic mass is 15.3. The molecule has 0 unspecified atom stereocenters. The van der Waals surface area contributed by atoms with E-state index in [0.717, 1.165) is 0 Å². The van der Waals surface area contributed by atoms with Gasteiger partial charge in [0.05, 0.1) is 12.2 Å². The third kappa shape index (κ3) is 1.49. The Morgan fingerprint density at radius 3 is 2.56 bits per heavy atom. The second kappa shape index (κ2) is 3.33. The van der Waals surface area contributed by atoms with Crippen molar-refractivity contribution < 1.29 is 0 Å². The zero-order valence-electron chi connectivity index (χ0n) is 10.5. The van der Waals surface area contributed by atoms with Crippen LogP contribution in [-0.4, -0.2) is 34.8 Å². The standard InChI is InChI=1S/C13H21N3/c1-10(2)11-6-14-16(7-11)12-4-13(5-12)8-15(3)9-13/h6-7,10,12H,4-5,8-9H2,1-3H3. The molecule has 1 aliphatic heterocycles. The molecule has 3 nitrogen and oxygen atoms in total. The van der Waals surface area contributed by atoms with Gasteiger partial charge in [-0.05, 0) is 36.8 Å². The summed E-state index contributed by atoms with van der Waals surface area (Å²) in [5, 5.41) is 4.51. The lowest BCUT2D eigenvalue weighted by Crippen LogP contribution is -2.60. The lowest BCUT2D eigenvalue weighted by molar-refractivity contribution is -0.0786. The van der Waals surface area contributed by atoms with Crippen molar-refractivity contribution in [3.8, 4) is 0 Å². The van der Waals surface area contributed by atoms with E-state index in [2.05, 4.69) is 41.8 Å². The molecular formula is C13H21N3. The monoisotopic (exact) mass is 219 g/mol. The summed E-state index contributed by atoms with van der Waals surface area (Å²) in [5.74, 6) is 0.595. The summed E-state index contributed by atoms with van der Waals surface area (Å²) in [7, 11) is 2.21. The van der Waals surface area contributed by atoms with Gasteiger partial charge in [-0.3, -0.25) is 4.68 Å². The van der Waals surface area contributed by atoms with E-state index in [1.54, 1.807) is 0 Å². The van der Waals surface area contributed by atoms with Gasteiger partial charge in [-0.25, -0.2) is 0 Å². The summed E-state index contributed by atoms with van der Waals surface area (Å²) in [6, 6.07) is 0.668. The molecular weight excluding hydrogens is 198 g/mol. The van der Waals surface area contributed by atoms with Crippen LogP contribution < -0.4 is 0 Å². The van der Waals surface area contributed by atoms with Crippen molar-refractivity contribution in [3.63, 3.8) is 0 Å². The molecule has 0 radical (unpaired) electrons. The molecule has 2 fully saturated rings. The fourth-order valence-corrected chi connectivity index (χ4v) is 3.33. The quantitative estimate of drug-likeness (QED) is 0.761. The first-order valence-electron chi connectivity index (χ1n) is 6.31. The maximum absolute atomic E-state index is 4.51. The predicted octanol–water partition coefficient (Wildman–Crippen LogP) is 2.27. The van der Waals surface area contributed by atoms with Crippen LogP contribution in [0.25, 0.3) is 0 Å². The van der Waals surface area contributed by atoms with E-state index in [4.69, 9.17) is 0 Å². The summed E-state index contributed by atoms with van der Waals surface area (Å²) < 4.78 is 2.19. The van der Waals surface area contributed by atoms with Gasteiger partial charge < -0.3 is 4.90 Å². The van der Waals surface area contributed by atoms with E-state index in [-0.39, 0.29) is 0 Å². The van der Waals surface area contributed by atoms with Crippen LogP contribution in [-0.2, 0) is 0 Å². The van der Waals surface area contributed by atoms with Crippen LogP contribution >= 0.6 is 0 Å². The van der Waals surface area contributed by atoms with E-state index in [9.17, 15) is 0 Å². The van der Waals surface area contributed by atoms with Crippen molar-refractivity contribution in [1.82, 2.24) is 14.7 Å². The average Bonchev–Trinajstić information content (AvgIpc) is 2.57. The van der Waals surface area contributed by atoms with E-state index < -0.39 is 0 Å². The Labute approximate surface area is 97.4 Å². The zero-order valence-corrected chi connectivity index (χ0v) is 10.5. The first kappa shape index (κ1) is 10.3. The second-order valence-corrected chi connectivity index (χ2v) is 6.14. The maximum Gasteiger partial charge on any atom is 0.0531 e. The molecule has 0 N–H and O–H groups in total. The zero-order chi connectivity index (χ0) is 11.3. The summed E-state index contributed by atoms with van der Waals surface area (Å²) in [6.45, 7) is 7.04. The highest BCUT2D eigenvalue weighted by Gasteiger charge is 2.51. The fourth-order valence-electron chi connectivity index (χ4n) is 3.33. The van der Waals surface area contributed by atoms with Crippen molar-refractivity contribution >= 4 is 0 Å². The Morgan fingerprint density at radius 1 is 1.38 bits per heavy atom. The van der Waals surface area contributed by atoms with Gasteiger partial charge >= 0.3 is 0 Å². The smallest absolute Gasteiger partial charge is 0.0531 e. The largest absolute Gasteiger partial charge is 0.305 e. The van der Waals surface area contributed by atoms with E-state index in [1.807, 2.05) is 6.20 Å². The van der Waals surface area contributed by atoms with Crippen LogP contribution in [0.3, 0.4) is 0 Å². The van der Waals surface area contributed by atoms with Gasteiger partial charge in [0, 0.05) is 19.3 Å². The minimum absolute atomic E-state index is 0.595. The van der Waals surface area contributed by atoms with Gasteiger partial charge in [0.2, 0.25) is 0 Å². The van der Waals surface area contributed by atoms with E-state index in [0.29, 0.717) is 17.4 Å². The molecule has 88 valence electrons. The summed E-state index contributed by atoms with van der Waals surface area (Å²) in [4.78, 5) is 2.42. The third-order valence-electron chi connectivity index (χ3n) is 4.21. The summed E-state index contributed by atoms with van der Waals surface area (Å²) in [5.41, 5.74) is 2.02. The highest BCUT2D eigenvalue weighted by molar-refractivity contribution is 5.12. The molecule has 2 aliphatic rings. The molecule has 0 amide bonds. The van der Waals surface area contributed by atoms with Gasteiger partial charge in [-0.2, -0.15) is 5.10 Å². The molecule has 1 aromatic rings. The molecule has 16 heavy (non-hydrogen) atoms. The number of hydrogen-bond acceptors (Lipinski definition) is 2. The minimum atomic E-state index is 0.595. The lowest BCUT2D eigenvalue weighted by Gasteiger charge is -2.58. The van der Waals surface area contributed by atoms with E-state index >= 15 is 0 Å². The van der Waals surface area contributed by atoms with Crippen LogP contribution in [0.2, 0.25) is 0 Å². The van der Waals surface area contributed by atoms with Crippen LogP contribution in [0.15, 0.2) is 12.4 Å². The van der Waals surface area contributed by atoms with Crippen LogP contribution in [0.4, 0.5) is 0 Å². The molecule has 3 rings (SSSR count). The third-order valence-corrected chi connectivity index (χ3v) is 4.21. The number of nitrogens with zero attached hydrogens (tertiary/aromatic N) is 3. The SMILES string of the molecule is CC(C)c1cnn(C2CC3(C2)CN(C)C3)c1. The van der Waals surface area contributed by atoms with Crippen LogP contribution in [0.5, 0.6) is 0 Å². The maximum atomic E-state index is 4.51. The molecule has 0 atom stereocenters. The van der Waals surface area contributed by atoms with Crippen molar-refractivity contribution in [1.29, 1.82) is 0 Å². The molecule has 1 saturated carbocycles. The second-order valence-electron chi connectivity index (χ2n) is 6.14. The van der Waals surface area contributed by atoms with Gasteiger partial charge in [0.1, 0.15) is 0 Å². The molecule has 1 aliphatic carbocycles. The molecule has 1 saturated heterocycles. The van der Waals surface area contributed by atoms with Crippen molar-refractivity contribution in [2.45, 2.75) is 38.6 Å². The van der Waals surface area contributed by atoms with Crippen molar-refractivity contribution in [2.24, 2.45) is 5.41 Å². The van der Waals surface area contributed by atoms with Gasteiger partial charge in [-0.15, -0.1) is 0 Å². The normalized spacial score (nSPS) is 24.8. The predicted molar refractivity (Wildman–Crippen MR) is 64.5 cm³/mol. The molecule has 3 heteroatoms. The molecule has 2 heterocycles. The highest BCUT2D eigenvalue weighted by Crippen LogP contribution is 2.53. The fraction of sp³-hybridized carbons (Fsp3) is 0.769. The Bertz CT molecular complexity index is 380. The van der Waals surface area contributed by atoms with Crippen LogP contribution in [0, 0.1) is 5.41 Å². The lowest BCUT2D eigenvalue weighted by atomic mass is 9.61.